The molecule has 35 heavy (non-hydrogen) atoms. The summed E-state index contributed by atoms with van der Waals surface area (Å²) in [6, 6.07) is 18.2. The van der Waals surface area contributed by atoms with Crippen LogP contribution in [0, 0.1) is 0 Å². The van der Waals surface area contributed by atoms with Crippen LogP contribution < -0.4 is 9.46 Å². The second kappa shape index (κ2) is 9.38. The van der Waals surface area contributed by atoms with E-state index in [1.807, 2.05) is 40.6 Å². The molecule has 2 aromatic carbocycles. The largest absolute Gasteiger partial charge is 0.494 e. The lowest BCUT2D eigenvalue weighted by molar-refractivity contribution is 0.0729. The number of aromatic nitrogens is 3. The van der Waals surface area contributed by atoms with Gasteiger partial charge >= 0.3 is 0 Å². The van der Waals surface area contributed by atoms with Crippen molar-refractivity contribution >= 4 is 27.3 Å². The zero-order valence-electron chi connectivity index (χ0n) is 19.2. The SMILES string of the molecule is CCOc1ccc(S(=O)(=O)Nc2ccc(C(=O)N3CCCC3c3nnc4ccccn34)cc2)cc1. The number of ether oxygens (including phenoxy) is 1. The lowest BCUT2D eigenvalue weighted by Crippen LogP contribution is -2.31. The van der Waals surface area contributed by atoms with Crippen LogP contribution in [0.15, 0.2) is 77.8 Å². The van der Waals surface area contributed by atoms with Crippen LogP contribution in [0.1, 0.15) is 42.0 Å². The normalized spacial score (nSPS) is 15.9. The maximum Gasteiger partial charge on any atom is 0.261 e. The van der Waals surface area contributed by atoms with Gasteiger partial charge in [-0.2, -0.15) is 0 Å². The molecule has 0 radical (unpaired) electrons. The van der Waals surface area contributed by atoms with E-state index in [2.05, 4.69) is 14.9 Å². The summed E-state index contributed by atoms with van der Waals surface area (Å²) in [5.41, 5.74) is 1.59. The third kappa shape index (κ3) is 4.57. The number of fused-ring (bicyclic) bond motifs is 1. The number of anilines is 1. The minimum absolute atomic E-state index is 0.124. The summed E-state index contributed by atoms with van der Waals surface area (Å²) in [4.78, 5) is 15.2. The standard InChI is InChI=1S/C25H25N5O4S/c1-2-34-20-12-14-21(15-13-20)35(32,33)28-19-10-8-18(9-11-19)25(31)29-17-5-6-22(29)24-27-26-23-7-3-4-16-30(23)24/h3-4,7-16,22,28H,2,5-6,17H2,1H3. The first-order valence-corrected chi connectivity index (χ1v) is 12.9. The maximum absolute atomic E-state index is 13.3. The van der Waals surface area contributed by atoms with Gasteiger partial charge in [0.05, 0.1) is 17.5 Å². The Morgan fingerprint density at radius 1 is 1.06 bits per heavy atom. The number of benzene rings is 2. The van der Waals surface area contributed by atoms with E-state index in [4.69, 9.17) is 4.74 Å². The molecular weight excluding hydrogens is 466 g/mol. The molecule has 5 rings (SSSR count). The highest BCUT2D eigenvalue weighted by Crippen LogP contribution is 2.32. The lowest BCUT2D eigenvalue weighted by atomic mass is 10.1. The van der Waals surface area contributed by atoms with Gasteiger partial charge in [-0.1, -0.05) is 6.07 Å². The van der Waals surface area contributed by atoms with E-state index in [0.29, 0.717) is 30.2 Å². The molecule has 1 atom stereocenters. The molecule has 0 spiro atoms. The molecule has 2 aromatic heterocycles. The van der Waals surface area contributed by atoms with Crippen LogP contribution in [0.25, 0.3) is 5.65 Å². The van der Waals surface area contributed by atoms with Crippen molar-refractivity contribution in [2.75, 3.05) is 17.9 Å². The van der Waals surface area contributed by atoms with Crippen molar-refractivity contribution < 1.29 is 17.9 Å². The number of hydrogen-bond acceptors (Lipinski definition) is 6. The van der Waals surface area contributed by atoms with Crippen LogP contribution in [0.4, 0.5) is 5.69 Å². The average Bonchev–Trinajstić information content (AvgIpc) is 3.51. The summed E-state index contributed by atoms with van der Waals surface area (Å²) in [6.07, 6.45) is 3.58. The summed E-state index contributed by atoms with van der Waals surface area (Å²) in [7, 11) is -3.77. The van der Waals surface area contributed by atoms with E-state index in [9.17, 15) is 13.2 Å². The van der Waals surface area contributed by atoms with Crippen LogP contribution >= 0.6 is 0 Å². The Labute approximate surface area is 203 Å². The molecule has 10 heteroatoms. The van der Waals surface area contributed by atoms with E-state index in [-0.39, 0.29) is 16.8 Å². The van der Waals surface area contributed by atoms with Crippen LogP contribution in [-0.4, -0.2) is 47.0 Å². The van der Waals surface area contributed by atoms with E-state index in [1.165, 1.54) is 12.1 Å². The number of rotatable bonds is 7. The van der Waals surface area contributed by atoms with Gasteiger partial charge in [-0.15, -0.1) is 10.2 Å². The van der Waals surface area contributed by atoms with Crippen molar-refractivity contribution in [1.82, 2.24) is 19.5 Å². The predicted octanol–water partition coefficient (Wildman–Crippen LogP) is 3.91. The van der Waals surface area contributed by atoms with Gasteiger partial charge in [-0.3, -0.25) is 13.9 Å². The lowest BCUT2D eigenvalue weighted by Gasteiger charge is -2.23. The number of carbonyl (C=O) groups excluding carboxylic acids is 1. The van der Waals surface area contributed by atoms with Crippen LogP contribution in [0.3, 0.4) is 0 Å². The van der Waals surface area contributed by atoms with Crippen molar-refractivity contribution in [3.05, 3.63) is 84.3 Å². The molecule has 180 valence electrons. The number of nitrogens with zero attached hydrogens (tertiary/aromatic N) is 4. The Morgan fingerprint density at radius 3 is 2.57 bits per heavy atom. The van der Waals surface area contributed by atoms with Gasteiger partial charge in [0, 0.05) is 24.0 Å². The average molecular weight is 492 g/mol. The molecular formula is C25H25N5O4S. The monoisotopic (exact) mass is 491 g/mol. The Hall–Kier alpha value is -3.92. The van der Waals surface area contributed by atoms with Crippen molar-refractivity contribution in [3.63, 3.8) is 0 Å². The molecule has 0 saturated carbocycles. The first kappa shape index (κ1) is 22.9. The summed E-state index contributed by atoms with van der Waals surface area (Å²) < 4.78 is 35.3. The third-order valence-electron chi connectivity index (χ3n) is 5.98. The van der Waals surface area contributed by atoms with Crippen molar-refractivity contribution in [2.45, 2.75) is 30.7 Å². The molecule has 4 aromatic rings. The number of pyridine rings is 1. The zero-order chi connectivity index (χ0) is 24.4. The second-order valence-electron chi connectivity index (χ2n) is 8.23. The van der Waals surface area contributed by atoms with E-state index >= 15 is 0 Å². The fourth-order valence-corrected chi connectivity index (χ4v) is 5.37. The van der Waals surface area contributed by atoms with Gasteiger partial charge in [-0.05, 0) is 80.4 Å². The minimum atomic E-state index is -3.77. The molecule has 0 aliphatic carbocycles. The summed E-state index contributed by atoms with van der Waals surface area (Å²) in [5, 5.41) is 8.55. The number of likely N-dealkylation sites (tertiary alicyclic amines) is 1. The van der Waals surface area contributed by atoms with Crippen LogP contribution in [0.2, 0.25) is 0 Å². The predicted molar refractivity (Wildman–Crippen MR) is 131 cm³/mol. The molecule has 1 fully saturated rings. The van der Waals surface area contributed by atoms with Crippen molar-refractivity contribution in [2.24, 2.45) is 0 Å². The highest BCUT2D eigenvalue weighted by molar-refractivity contribution is 7.92. The third-order valence-corrected chi connectivity index (χ3v) is 7.38. The topological polar surface area (TPSA) is 106 Å². The van der Waals surface area contributed by atoms with Crippen molar-refractivity contribution in [3.8, 4) is 5.75 Å². The fourth-order valence-electron chi connectivity index (χ4n) is 4.31. The first-order chi connectivity index (χ1) is 17.0. The molecule has 1 aliphatic heterocycles. The Kier molecular flexibility index (Phi) is 6.12. The molecule has 0 bridgehead atoms. The van der Waals surface area contributed by atoms with Gasteiger partial charge < -0.3 is 9.64 Å². The zero-order valence-corrected chi connectivity index (χ0v) is 20.0. The molecule has 1 amide bonds. The molecule has 1 unspecified atom stereocenters. The summed E-state index contributed by atoms with van der Waals surface area (Å²) in [6.45, 7) is 2.99. The number of carbonyl (C=O) groups is 1. The molecule has 9 nitrogen and oxygen atoms in total. The minimum Gasteiger partial charge on any atom is -0.494 e. The smallest absolute Gasteiger partial charge is 0.261 e. The number of amides is 1. The van der Waals surface area contributed by atoms with Gasteiger partial charge in [0.15, 0.2) is 11.5 Å². The summed E-state index contributed by atoms with van der Waals surface area (Å²) >= 11 is 0. The van der Waals surface area contributed by atoms with Crippen LogP contribution in [0.5, 0.6) is 5.75 Å². The van der Waals surface area contributed by atoms with Crippen molar-refractivity contribution in [1.29, 1.82) is 0 Å². The molecule has 1 aliphatic rings. The Bertz CT molecular complexity index is 1450. The first-order valence-electron chi connectivity index (χ1n) is 11.4. The highest BCUT2D eigenvalue weighted by atomic mass is 32.2. The van der Waals surface area contributed by atoms with E-state index < -0.39 is 10.0 Å². The highest BCUT2D eigenvalue weighted by Gasteiger charge is 2.33. The molecule has 1 saturated heterocycles. The number of hydrogen-bond donors (Lipinski definition) is 1. The van der Waals surface area contributed by atoms with Gasteiger partial charge in [0.2, 0.25) is 0 Å². The number of nitrogens with one attached hydrogen (secondary N) is 1. The quantitative estimate of drug-likeness (QED) is 0.420. The number of sulfonamides is 1. The Morgan fingerprint density at radius 2 is 1.83 bits per heavy atom. The van der Waals surface area contributed by atoms with Gasteiger partial charge in [-0.25, -0.2) is 8.42 Å². The second-order valence-corrected chi connectivity index (χ2v) is 9.91. The van der Waals surface area contributed by atoms with E-state index in [0.717, 1.165) is 24.3 Å². The molecule has 1 N–H and O–H groups in total. The maximum atomic E-state index is 13.3. The van der Waals surface area contributed by atoms with Gasteiger partial charge in [0.1, 0.15) is 5.75 Å². The fraction of sp³-hybridized carbons (Fsp3) is 0.240. The molecule has 3 heterocycles. The van der Waals surface area contributed by atoms with E-state index in [1.54, 1.807) is 36.4 Å². The summed E-state index contributed by atoms with van der Waals surface area (Å²) in [5.74, 6) is 1.22. The Balaban J connectivity index is 1.31. The van der Waals surface area contributed by atoms with Gasteiger partial charge in [0.25, 0.3) is 15.9 Å². The van der Waals surface area contributed by atoms with Crippen LogP contribution in [-0.2, 0) is 10.0 Å².